The van der Waals surface area contributed by atoms with Crippen molar-refractivity contribution in [3.63, 3.8) is 0 Å². The van der Waals surface area contributed by atoms with Gasteiger partial charge in [-0.2, -0.15) is 0 Å². The molecule has 0 spiro atoms. The van der Waals surface area contributed by atoms with Gasteiger partial charge in [-0.3, -0.25) is 9.69 Å². The van der Waals surface area contributed by atoms with Gasteiger partial charge in [-0.05, 0) is 32.8 Å². The van der Waals surface area contributed by atoms with Crippen molar-refractivity contribution in [2.75, 3.05) is 19.7 Å². The summed E-state index contributed by atoms with van der Waals surface area (Å²) in [4.78, 5) is 13.6. The summed E-state index contributed by atoms with van der Waals surface area (Å²) < 4.78 is 4.99. The standard InChI is InChI=1S/C15H23NO2/c1-4-18-15(17)12-16(13(2)3)11-10-14-8-6-5-7-9-14/h5-9,13H,4,10-12H2,1-3H3. The summed E-state index contributed by atoms with van der Waals surface area (Å²) in [7, 11) is 0. The Balaban J connectivity index is 2.46. The molecular formula is C15H23NO2. The number of nitrogens with zero attached hydrogens (tertiary/aromatic N) is 1. The number of esters is 1. The van der Waals surface area contributed by atoms with Crippen LogP contribution in [0.3, 0.4) is 0 Å². The van der Waals surface area contributed by atoms with Gasteiger partial charge in [0.1, 0.15) is 0 Å². The van der Waals surface area contributed by atoms with E-state index in [9.17, 15) is 4.79 Å². The van der Waals surface area contributed by atoms with E-state index in [0.29, 0.717) is 19.2 Å². The molecular weight excluding hydrogens is 226 g/mol. The molecule has 0 unspecified atom stereocenters. The Kier molecular flexibility index (Phi) is 6.44. The van der Waals surface area contributed by atoms with Crippen molar-refractivity contribution < 1.29 is 9.53 Å². The van der Waals surface area contributed by atoms with Gasteiger partial charge in [0.2, 0.25) is 0 Å². The molecule has 0 fully saturated rings. The fraction of sp³-hybridized carbons (Fsp3) is 0.533. The molecule has 0 bridgehead atoms. The van der Waals surface area contributed by atoms with Crippen molar-refractivity contribution in [2.45, 2.75) is 33.2 Å². The van der Waals surface area contributed by atoms with E-state index in [0.717, 1.165) is 13.0 Å². The summed E-state index contributed by atoms with van der Waals surface area (Å²) in [5.74, 6) is -0.140. The van der Waals surface area contributed by atoms with Crippen molar-refractivity contribution in [3.8, 4) is 0 Å². The predicted molar refractivity (Wildman–Crippen MR) is 73.5 cm³/mol. The van der Waals surface area contributed by atoms with Gasteiger partial charge in [-0.1, -0.05) is 30.3 Å². The Bertz CT molecular complexity index is 349. The van der Waals surface area contributed by atoms with Gasteiger partial charge < -0.3 is 4.74 Å². The first-order valence-corrected chi connectivity index (χ1v) is 6.57. The molecule has 18 heavy (non-hydrogen) atoms. The lowest BCUT2D eigenvalue weighted by molar-refractivity contribution is -0.144. The van der Waals surface area contributed by atoms with Crippen molar-refractivity contribution in [2.24, 2.45) is 0 Å². The van der Waals surface area contributed by atoms with Crippen LogP contribution >= 0.6 is 0 Å². The zero-order valence-electron chi connectivity index (χ0n) is 11.6. The molecule has 1 aromatic carbocycles. The fourth-order valence-electron chi connectivity index (χ4n) is 1.81. The topological polar surface area (TPSA) is 29.5 Å². The van der Waals surface area contributed by atoms with Crippen molar-refractivity contribution >= 4 is 5.97 Å². The zero-order valence-corrected chi connectivity index (χ0v) is 11.6. The van der Waals surface area contributed by atoms with Gasteiger partial charge in [-0.15, -0.1) is 0 Å². The van der Waals surface area contributed by atoms with E-state index in [4.69, 9.17) is 4.74 Å². The zero-order chi connectivity index (χ0) is 13.4. The molecule has 3 nitrogen and oxygen atoms in total. The van der Waals surface area contributed by atoms with Crippen molar-refractivity contribution in [1.29, 1.82) is 0 Å². The quantitative estimate of drug-likeness (QED) is 0.695. The normalized spacial score (nSPS) is 10.9. The fourth-order valence-corrected chi connectivity index (χ4v) is 1.81. The average Bonchev–Trinajstić information content (AvgIpc) is 2.35. The van der Waals surface area contributed by atoms with Crippen molar-refractivity contribution in [3.05, 3.63) is 35.9 Å². The number of rotatable bonds is 7. The van der Waals surface area contributed by atoms with E-state index in [-0.39, 0.29) is 5.97 Å². The van der Waals surface area contributed by atoms with Gasteiger partial charge in [-0.25, -0.2) is 0 Å². The summed E-state index contributed by atoms with van der Waals surface area (Å²) >= 11 is 0. The number of carbonyl (C=O) groups excluding carboxylic acids is 1. The van der Waals surface area contributed by atoms with E-state index in [1.165, 1.54) is 5.56 Å². The molecule has 0 saturated carbocycles. The molecule has 0 radical (unpaired) electrons. The molecule has 1 aromatic rings. The predicted octanol–water partition coefficient (Wildman–Crippen LogP) is 2.50. The highest BCUT2D eigenvalue weighted by Gasteiger charge is 2.14. The maximum Gasteiger partial charge on any atom is 0.320 e. The molecule has 0 aliphatic carbocycles. The lowest BCUT2D eigenvalue weighted by Gasteiger charge is -2.25. The highest BCUT2D eigenvalue weighted by molar-refractivity contribution is 5.71. The Hall–Kier alpha value is -1.35. The largest absolute Gasteiger partial charge is 0.465 e. The monoisotopic (exact) mass is 249 g/mol. The highest BCUT2D eigenvalue weighted by Crippen LogP contribution is 2.04. The smallest absolute Gasteiger partial charge is 0.320 e. The van der Waals surface area contributed by atoms with Gasteiger partial charge in [0.05, 0.1) is 13.2 Å². The highest BCUT2D eigenvalue weighted by atomic mass is 16.5. The lowest BCUT2D eigenvalue weighted by Crippen LogP contribution is -2.37. The van der Waals surface area contributed by atoms with E-state index in [1.54, 1.807) is 0 Å². The molecule has 100 valence electrons. The SMILES string of the molecule is CCOC(=O)CN(CCc1ccccc1)C(C)C. The maximum atomic E-state index is 11.5. The van der Waals surface area contributed by atoms with Crippen LogP contribution in [0, 0.1) is 0 Å². The first-order valence-electron chi connectivity index (χ1n) is 6.57. The van der Waals surface area contributed by atoms with E-state index >= 15 is 0 Å². The van der Waals surface area contributed by atoms with Crippen LogP contribution in [0.25, 0.3) is 0 Å². The van der Waals surface area contributed by atoms with Crippen LogP contribution in [0.2, 0.25) is 0 Å². The van der Waals surface area contributed by atoms with E-state index in [2.05, 4.69) is 30.9 Å². The number of hydrogen-bond donors (Lipinski definition) is 0. The van der Waals surface area contributed by atoms with Gasteiger partial charge >= 0.3 is 5.97 Å². The van der Waals surface area contributed by atoms with Crippen LogP contribution in [0.4, 0.5) is 0 Å². The Morgan fingerprint density at radius 3 is 2.50 bits per heavy atom. The Morgan fingerprint density at radius 2 is 1.94 bits per heavy atom. The number of carbonyl (C=O) groups is 1. The molecule has 3 heteroatoms. The van der Waals surface area contributed by atoms with Crippen molar-refractivity contribution in [1.82, 2.24) is 4.90 Å². The molecule has 0 amide bonds. The molecule has 0 saturated heterocycles. The summed E-state index contributed by atoms with van der Waals surface area (Å²) in [6, 6.07) is 10.7. The summed E-state index contributed by atoms with van der Waals surface area (Å²) in [5.41, 5.74) is 1.30. The molecule has 0 atom stereocenters. The molecule has 0 N–H and O–H groups in total. The van der Waals surface area contributed by atoms with Crippen LogP contribution < -0.4 is 0 Å². The summed E-state index contributed by atoms with van der Waals surface area (Å²) in [5, 5.41) is 0. The van der Waals surface area contributed by atoms with Gasteiger partial charge in [0, 0.05) is 12.6 Å². The second-order valence-corrected chi connectivity index (χ2v) is 4.60. The van der Waals surface area contributed by atoms with Crippen LogP contribution in [-0.2, 0) is 16.0 Å². The average molecular weight is 249 g/mol. The third-order valence-electron chi connectivity index (χ3n) is 2.90. The second-order valence-electron chi connectivity index (χ2n) is 4.60. The first-order chi connectivity index (χ1) is 8.63. The minimum Gasteiger partial charge on any atom is -0.465 e. The van der Waals surface area contributed by atoms with E-state index in [1.807, 2.05) is 25.1 Å². The van der Waals surface area contributed by atoms with Crippen LogP contribution in [-0.4, -0.2) is 36.6 Å². The van der Waals surface area contributed by atoms with Crippen LogP contribution in [0.5, 0.6) is 0 Å². The molecule has 0 heterocycles. The molecule has 1 rings (SSSR count). The third kappa shape index (κ3) is 5.32. The van der Waals surface area contributed by atoms with Crippen LogP contribution in [0.15, 0.2) is 30.3 Å². The lowest BCUT2D eigenvalue weighted by atomic mass is 10.1. The second kappa shape index (κ2) is 7.88. The summed E-state index contributed by atoms with van der Waals surface area (Å²) in [6.07, 6.45) is 0.957. The number of benzene rings is 1. The molecule has 0 aliphatic rings. The number of ether oxygens (including phenoxy) is 1. The van der Waals surface area contributed by atoms with Crippen LogP contribution in [0.1, 0.15) is 26.3 Å². The minimum atomic E-state index is -0.140. The number of hydrogen-bond acceptors (Lipinski definition) is 3. The molecule has 0 aliphatic heterocycles. The summed E-state index contributed by atoms with van der Waals surface area (Å²) in [6.45, 7) is 7.73. The molecule has 0 aromatic heterocycles. The first kappa shape index (κ1) is 14.7. The van der Waals surface area contributed by atoms with Gasteiger partial charge in [0.25, 0.3) is 0 Å². The van der Waals surface area contributed by atoms with Gasteiger partial charge in [0.15, 0.2) is 0 Å². The maximum absolute atomic E-state index is 11.5. The minimum absolute atomic E-state index is 0.140. The Morgan fingerprint density at radius 1 is 1.28 bits per heavy atom. The Labute approximate surface area is 110 Å². The van der Waals surface area contributed by atoms with E-state index < -0.39 is 0 Å². The third-order valence-corrected chi connectivity index (χ3v) is 2.90.